The molecule has 2 aromatic heterocycles. The average Bonchev–Trinajstić information content (AvgIpc) is 3.18. The van der Waals surface area contributed by atoms with Crippen LogP contribution in [-0.4, -0.2) is 42.6 Å². The predicted molar refractivity (Wildman–Crippen MR) is 125 cm³/mol. The largest absolute Gasteiger partial charge is 0.362 e. The van der Waals surface area contributed by atoms with Crippen LogP contribution in [0.2, 0.25) is 5.02 Å². The van der Waals surface area contributed by atoms with E-state index in [1.165, 1.54) is 11.3 Å². The van der Waals surface area contributed by atoms with E-state index in [0.717, 1.165) is 42.4 Å². The summed E-state index contributed by atoms with van der Waals surface area (Å²) < 4.78 is 0. The van der Waals surface area contributed by atoms with Crippen LogP contribution in [0.3, 0.4) is 0 Å². The third-order valence-corrected chi connectivity index (χ3v) is 6.90. The van der Waals surface area contributed by atoms with Crippen LogP contribution in [0.15, 0.2) is 35.7 Å². The maximum Gasteiger partial charge on any atom is 0.262 e. The summed E-state index contributed by atoms with van der Waals surface area (Å²) in [7, 11) is 4.00. The number of hydrogen-bond acceptors (Lipinski definition) is 6. The molecular weight excluding hydrogens is 418 g/mol. The number of anilines is 2. The number of carbonyl (C=O) groups excluding carboxylic acids is 1. The Morgan fingerprint density at radius 3 is 2.63 bits per heavy atom. The first-order valence-electron chi connectivity index (χ1n) is 10.2. The quantitative estimate of drug-likeness (QED) is 0.572. The van der Waals surface area contributed by atoms with E-state index < -0.39 is 0 Å². The highest BCUT2D eigenvalue weighted by Crippen LogP contribution is 2.28. The minimum Gasteiger partial charge on any atom is -0.362 e. The van der Waals surface area contributed by atoms with Gasteiger partial charge in [0.1, 0.15) is 10.7 Å². The van der Waals surface area contributed by atoms with Crippen LogP contribution < -0.4 is 15.5 Å². The molecule has 1 fully saturated rings. The zero-order valence-electron chi connectivity index (χ0n) is 17.2. The molecule has 1 aromatic carbocycles. The van der Waals surface area contributed by atoms with Crippen molar-refractivity contribution in [1.82, 2.24) is 15.3 Å². The van der Waals surface area contributed by atoms with Crippen LogP contribution >= 0.6 is 22.9 Å². The molecule has 3 aromatic rings. The lowest BCUT2D eigenvalue weighted by Crippen LogP contribution is -2.34. The second-order valence-electron chi connectivity index (χ2n) is 7.95. The number of rotatable bonds is 6. The Hall–Kier alpha value is -2.38. The monoisotopic (exact) mass is 443 g/mol. The summed E-state index contributed by atoms with van der Waals surface area (Å²) in [5.74, 6) is 2.02. The van der Waals surface area contributed by atoms with E-state index in [-0.39, 0.29) is 5.91 Å². The third kappa shape index (κ3) is 4.68. The molecule has 0 atom stereocenters. The van der Waals surface area contributed by atoms with Gasteiger partial charge in [0.2, 0.25) is 5.95 Å². The second-order valence-corrected chi connectivity index (χ2v) is 9.28. The van der Waals surface area contributed by atoms with Crippen LogP contribution in [0.4, 0.5) is 11.8 Å². The summed E-state index contributed by atoms with van der Waals surface area (Å²) in [5.41, 5.74) is 0.947. The summed E-state index contributed by atoms with van der Waals surface area (Å²) in [6.07, 6.45) is 4.19. The molecule has 0 saturated heterocycles. The number of carbonyl (C=O) groups is 1. The van der Waals surface area contributed by atoms with Crippen molar-refractivity contribution in [3.8, 4) is 0 Å². The highest BCUT2D eigenvalue weighted by molar-refractivity contribution is 7.12. The molecule has 0 unspecified atom stereocenters. The average molecular weight is 444 g/mol. The molecular formula is C22H26ClN5OS. The van der Waals surface area contributed by atoms with E-state index in [1.54, 1.807) is 6.07 Å². The molecule has 1 aliphatic rings. The standard InChI is InChI=1S/C22H26ClN5OS/c1-28(2)20-16-5-3-4-6-18(16)26-22(27-20)25-15-9-7-14(8-10-15)13-24-21(29)19-17(23)11-12-30-19/h3-6,11-12,14-15H,7-10,13H2,1-2H3,(H,24,29)(H,25,26,27)/t14-,15+. The van der Waals surface area contributed by atoms with Gasteiger partial charge < -0.3 is 15.5 Å². The van der Waals surface area contributed by atoms with Gasteiger partial charge in [0.25, 0.3) is 5.91 Å². The Balaban J connectivity index is 1.33. The number of fused-ring (bicyclic) bond motifs is 1. The SMILES string of the molecule is CN(C)c1nc(N[C@H]2CC[C@@H](CNC(=O)c3sccc3Cl)CC2)nc2ccccc12. The fraction of sp³-hybridized carbons (Fsp3) is 0.409. The summed E-state index contributed by atoms with van der Waals surface area (Å²) in [4.78, 5) is 24.3. The summed E-state index contributed by atoms with van der Waals surface area (Å²) >= 11 is 7.42. The van der Waals surface area contributed by atoms with Gasteiger partial charge in [-0.3, -0.25) is 4.79 Å². The van der Waals surface area contributed by atoms with Gasteiger partial charge in [-0.2, -0.15) is 4.98 Å². The molecule has 1 aliphatic carbocycles. The number of nitrogens with one attached hydrogen (secondary N) is 2. The molecule has 158 valence electrons. The molecule has 30 heavy (non-hydrogen) atoms. The van der Waals surface area contributed by atoms with Crippen molar-refractivity contribution in [3.63, 3.8) is 0 Å². The Labute approximate surface area is 185 Å². The number of para-hydroxylation sites is 1. The fourth-order valence-corrected chi connectivity index (χ4v) is 4.99. The van der Waals surface area contributed by atoms with Crippen LogP contribution in [0.25, 0.3) is 10.9 Å². The molecule has 8 heteroatoms. The number of aromatic nitrogens is 2. The number of nitrogens with zero attached hydrogens (tertiary/aromatic N) is 3. The molecule has 0 bridgehead atoms. The number of halogens is 1. The lowest BCUT2D eigenvalue weighted by atomic mass is 9.86. The fourth-order valence-electron chi connectivity index (χ4n) is 3.93. The van der Waals surface area contributed by atoms with E-state index in [2.05, 4.69) is 16.7 Å². The number of amides is 1. The zero-order valence-corrected chi connectivity index (χ0v) is 18.8. The van der Waals surface area contributed by atoms with Gasteiger partial charge in [0.15, 0.2) is 0 Å². The highest BCUT2D eigenvalue weighted by atomic mass is 35.5. The molecule has 0 aliphatic heterocycles. The number of thiophene rings is 1. The molecule has 6 nitrogen and oxygen atoms in total. The van der Waals surface area contributed by atoms with E-state index in [4.69, 9.17) is 21.6 Å². The summed E-state index contributed by atoms with van der Waals surface area (Å²) in [6, 6.07) is 10.2. The van der Waals surface area contributed by atoms with Crippen molar-refractivity contribution in [2.75, 3.05) is 30.9 Å². The Bertz CT molecular complexity index is 1030. The van der Waals surface area contributed by atoms with Gasteiger partial charge >= 0.3 is 0 Å². The summed E-state index contributed by atoms with van der Waals surface area (Å²) in [5, 5.41) is 9.99. The van der Waals surface area contributed by atoms with Crippen LogP contribution in [0.1, 0.15) is 35.4 Å². The molecule has 4 rings (SSSR count). The van der Waals surface area contributed by atoms with Gasteiger partial charge in [-0.25, -0.2) is 4.98 Å². The van der Waals surface area contributed by atoms with Crippen molar-refractivity contribution in [1.29, 1.82) is 0 Å². The lowest BCUT2D eigenvalue weighted by molar-refractivity contribution is 0.0947. The van der Waals surface area contributed by atoms with E-state index in [0.29, 0.717) is 34.4 Å². The molecule has 2 heterocycles. The molecule has 1 amide bonds. The smallest absolute Gasteiger partial charge is 0.262 e. The van der Waals surface area contributed by atoms with Crippen molar-refractivity contribution in [2.24, 2.45) is 5.92 Å². The molecule has 0 spiro atoms. The van der Waals surface area contributed by atoms with E-state index >= 15 is 0 Å². The van der Waals surface area contributed by atoms with Crippen LogP contribution in [0.5, 0.6) is 0 Å². The molecule has 2 N–H and O–H groups in total. The number of hydrogen-bond donors (Lipinski definition) is 2. The van der Waals surface area contributed by atoms with Crippen molar-refractivity contribution in [3.05, 3.63) is 45.6 Å². The summed E-state index contributed by atoms with van der Waals surface area (Å²) in [6.45, 7) is 0.692. The van der Waals surface area contributed by atoms with Gasteiger partial charge in [-0.15, -0.1) is 11.3 Å². The van der Waals surface area contributed by atoms with Crippen molar-refractivity contribution >= 4 is 51.5 Å². The first-order valence-corrected chi connectivity index (χ1v) is 11.5. The maximum absolute atomic E-state index is 12.3. The Morgan fingerprint density at radius 2 is 1.93 bits per heavy atom. The molecule has 0 radical (unpaired) electrons. The van der Waals surface area contributed by atoms with Crippen LogP contribution in [0, 0.1) is 5.92 Å². The van der Waals surface area contributed by atoms with Gasteiger partial charge in [0.05, 0.1) is 10.5 Å². The van der Waals surface area contributed by atoms with E-state index in [1.807, 2.05) is 42.6 Å². The normalized spacial score (nSPS) is 18.9. The topological polar surface area (TPSA) is 70.2 Å². The second kappa shape index (κ2) is 9.18. The third-order valence-electron chi connectivity index (χ3n) is 5.56. The minimum atomic E-state index is -0.0731. The van der Waals surface area contributed by atoms with E-state index in [9.17, 15) is 4.79 Å². The minimum absolute atomic E-state index is 0.0731. The van der Waals surface area contributed by atoms with Crippen molar-refractivity contribution < 1.29 is 4.79 Å². The van der Waals surface area contributed by atoms with Gasteiger partial charge in [-0.1, -0.05) is 23.7 Å². The first kappa shape index (κ1) is 20.9. The zero-order chi connectivity index (χ0) is 21.1. The van der Waals surface area contributed by atoms with Gasteiger partial charge in [-0.05, 0) is 55.2 Å². The highest BCUT2D eigenvalue weighted by Gasteiger charge is 2.23. The molecule has 1 saturated carbocycles. The lowest BCUT2D eigenvalue weighted by Gasteiger charge is -2.29. The maximum atomic E-state index is 12.3. The first-order chi connectivity index (χ1) is 14.5. The Morgan fingerprint density at radius 1 is 1.17 bits per heavy atom. The van der Waals surface area contributed by atoms with Gasteiger partial charge in [0, 0.05) is 32.1 Å². The number of benzene rings is 1. The van der Waals surface area contributed by atoms with Crippen LogP contribution in [-0.2, 0) is 0 Å². The van der Waals surface area contributed by atoms with Crippen molar-refractivity contribution in [2.45, 2.75) is 31.7 Å². The predicted octanol–water partition coefficient (Wildman–Crippen LogP) is 4.81. The Kier molecular flexibility index (Phi) is 6.39.